The van der Waals surface area contributed by atoms with Gasteiger partial charge < -0.3 is 4.84 Å². The topological polar surface area (TPSA) is 93.1 Å². The van der Waals surface area contributed by atoms with Gasteiger partial charge in [-0.15, -0.1) is 0 Å². The highest BCUT2D eigenvalue weighted by Gasteiger charge is 2.26. The van der Waals surface area contributed by atoms with E-state index in [1.54, 1.807) is 24.4 Å². The van der Waals surface area contributed by atoms with Crippen molar-refractivity contribution in [2.45, 2.75) is 38.7 Å². The third kappa shape index (κ3) is 4.87. The van der Waals surface area contributed by atoms with Gasteiger partial charge in [-0.3, -0.25) is 14.9 Å². The minimum absolute atomic E-state index is 0.0784. The summed E-state index contributed by atoms with van der Waals surface area (Å²) in [7, 11) is 0. The number of H-pyrrole nitrogens is 1. The zero-order chi connectivity index (χ0) is 24.4. The molecule has 2 atom stereocenters. The fourth-order valence-electron chi connectivity index (χ4n) is 4.18. The molecule has 7 nitrogen and oxygen atoms in total. The van der Waals surface area contributed by atoms with E-state index in [9.17, 15) is 9.18 Å². The number of Topliss-reactive ketones (excluding diaryl/α,β-unsaturated/α-hetero) is 1. The Morgan fingerprint density at radius 3 is 2.74 bits per heavy atom. The molecule has 1 unspecified atom stereocenters. The summed E-state index contributed by atoms with van der Waals surface area (Å²) in [5.41, 5.74) is 4.53. The van der Waals surface area contributed by atoms with Crippen LogP contribution in [0.1, 0.15) is 64.8 Å². The summed E-state index contributed by atoms with van der Waals surface area (Å²) in [4.78, 5) is 27.5. The van der Waals surface area contributed by atoms with Crippen LogP contribution in [0.2, 0.25) is 0 Å². The molecule has 0 aliphatic carbocycles. The average Bonchev–Trinajstić information content (AvgIpc) is 3.57. The molecule has 0 spiro atoms. The average molecular weight is 470 g/mol. The van der Waals surface area contributed by atoms with E-state index >= 15 is 0 Å². The van der Waals surface area contributed by atoms with Crippen molar-refractivity contribution >= 4 is 11.5 Å². The molecule has 1 aliphatic rings. The van der Waals surface area contributed by atoms with Crippen LogP contribution < -0.4 is 0 Å². The highest BCUT2D eigenvalue weighted by molar-refractivity contribution is 6.06. The van der Waals surface area contributed by atoms with E-state index < -0.39 is 0 Å². The maximum atomic E-state index is 14.9. The van der Waals surface area contributed by atoms with E-state index in [-0.39, 0.29) is 30.0 Å². The van der Waals surface area contributed by atoms with E-state index in [1.165, 1.54) is 12.4 Å². The Bertz CT molecular complexity index is 1390. The second-order valence-corrected chi connectivity index (χ2v) is 8.77. The molecule has 0 radical (unpaired) electrons. The summed E-state index contributed by atoms with van der Waals surface area (Å²) in [5, 5.41) is 11.0. The van der Waals surface area contributed by atoms with Gasteiger partial charge in [-0.05, 0) is 54.4 Å². The normalized spacial score (nSPS) is 16.0. The van der Waals surface area contributed by atoms with Crippen LogP contribution in [0.25, 0.3) is 11.1 Å². The Hall–Kier alpha value is -4.20. The first-order valence-corrected chi connectivity index (χ1v) is 11.4. The number of oxime groups is 1. The Kier molecular flexibility index (Phi) is 6.18. The molecule has 1 N–H and O–H groups in total. The van der Waals surface area contributed by atoms with Gasteiger partial charge in [0.2, 0.25) is 0 Å². The third-order valence-corrected chi connectivity index (χ3v) is 6.10. The number of pyridine rings is 1. The molecular formula is C27H24FN5O2. The summed E-state index contributed by atoms with van der Waals surface area (Å²) in [6.45, 7) is 3.75. The van der Waals surface area contributed by atoms with Gasteiger partial charge in [0.05, 0.1) is 11.4 Å². The molecule has 1 aliphatic heterocycles. The van der Waals surface area contributed by atoms with Crippen LogP contribution in [0.3, 0.4) is 0 Å². The summed E-state index contributed by atoms with van der Waals surface area (Å²) in [5.74, 6) is 0.0804. The Labute approximate surface area is 202 Å². The number of ketones is 1. The molecule has 0 saturated carbocycles. The highest BCUT2D eigenvalue weighted by atomic mass is 19.1. The second-order valence-electron chi connectivity index (χ2n) is 8.77. The van der Waals surface area contributed by atoms with Crippen LogP contribution in [0, 0.1) is 12.7 Å². The van der Waals surface area contributed by atoms with E-state index in [2.05, 4.69) is 25.3 Å². The zero-order valence-electron chi connectivity index (χ0n) is 19.4. The number of halogens is 1. The van der Waals surface area contributed by atoms with Crippen molar-refractivity contribution in [2.75, 3.05) is 0 Å². The van der Waals surface area contributed by atoms with E-state index in [4.69, 9.17) is 4.84 Å². The smallest absolute Gasteiger partial charge is 0.174 e. The maximum Gasteiger partial charge on any atom is 0.174 e. The van der Waals surface area contributed by atoms with Crippen LogP contribution in [-0.4, -0.2) is 31.7 Å². The predicted molar refractivity (Wildman–Crippen MR) is 130 cm³/mol. The second kappa shape index (κ2) is 9.58. The lowest BCUT2D eigenvalue weighted by molar-refractivity contribution is 0.0826. The third-order valence-electron chi connectivity index (χ3n) is 6.10. The number of rotatable bonds is 7. The van der Waals surface area contributed by atoms with Gasteiger partial charge in [0, 0.05) is 41.6 Å². The van der Waals surface area contributed by atoms with Crippen LogP contribution in [0.4, 0.5) is 4.39 Å². The monoisotopic (exact) mass is 469 g/mol. The zero-order valence-corrected chi connectivity index (χ0v) is 19.4. The highest BCUT2D eigenvalue weighted by Crippen LogP contribution is 2.32. The fraction of sp³-hybridized carbons (Fsp3) is 0.222. The van der Waals surface area contributed by atoms with Crippen molar-refractivity contribution in [3.05, 3.63) is 101 Å². The van der Waals surface area contributed by atoms with Crippen LogP contribution in [0.15, 0.2) is 72.3 Å². The summed E-state index contributed by atoms with van der Waals surface area (Å²) in [6, 6.07) is 16.1. The minimum atomic E-state index is -0.341. The van der Waals surface area contributed by atoms with Crippen molar-refractivity contribution in [1.29, 1.82) is 0 Å². The fourth-order valence-corrected chi connectivity index (χ4v) is 4.18. The van der Waals surface area contributed by atoms with Gasteiger partial charge in [-0.2, -0.15) is 5.10 Å². The van der Waals surface area contributed by atoms with Gasteiger partial charge in [-0.1, -0.05) is 30.3 Å². The van der Waals surface area contributed by atoms with Gasteiger partial charge in [0.1, 0.15) is 18.0 Å². The molecule has 2 aromatic carbocycles. The number of carbonyl (C=O) groups excluding carboxylic acids is 1. The Morgan fingerprint density at radius 1 is 1.14 bits per heavy atom. The van der Waals surface area contributed by atoms with Gasteiger partial charge in [0.15, 0.2) is 11.9 Å². The quantitative estimate of drug-likeness (QED) is 0.358. The van der Waals surface area contributed by atoms with Crippen LogP contribution in [0.5, 0.6) is 0 Å². The maximum absolute atomic E-state index is 14.9. The standard InChI is InChI=1S/C27H24FN5O2/c1-16-6-7-21(22(28)9-16)18-11-19(24-14-26(35-33-24)23-5-3-4-8-29-23)13-20(12-18)25(34)10-17(2)27-30-15-31-32-27/h3-9,11-13,15,17,26H,10,14H2,1-2H3,(H,30,31,32)/t17-,26?/m0/s1. The molecule has 4 aromatic rings. The molecule has 0 saturated heterocycles. The number of aromatic amines is 1. The molecule has 8 heteroatoms. The molecule has 35 heavy (non-hydrogen) atoms. The largest absolute Gasteiger partial charge is 0.385 e. The predicted octanol–water partition coefficient (Wildman–Crippen LogP) is 5.56. The minimum Gasteiger partial charge on any atom is -0.385 e. The number of hydrogen-bond acceptors (Lipinski definition) is 6. The van der Waals surface area contributed by atoms with Crippen LogP contribution >= 0.6 is 0 Å². The molecule has 3 heterocycles. The van der Waals surface area contributed by atoms with Crippen molar-refractivity contribution in [3.63, 3.8) is 0 Å². The van der Waals surface area contributed by atoms with Gasteiger partial charge in [0.25, 0.3) is 0 Å². The molecule has 0 bridgehead atoms. The van der Waals surface area contributed by atoms with Crippen molar-refractivity contribution < 1.29 is 14.0 Å². The number of hydrogen-bond donors (Lipinski definition) is 1. The number of aryl methyl sites for hydroxylation is 1. The van der Waals surface area contributed by atoms with Crippen LogP contribution in [-0.2, 0) is 4.84 Å². The molecule has 176 valence electrons. The number of aromatic nitrogens is 4. The van der Waals surface area contributed by atoms with Crippen molar-refractivity contribution in [3.8, 4) is 11.1 Å². The Balaban J connectivity index is 1.49. The Morgan fingerprint density at radius 2 is 2.00 bits per heavy atom. The molecule has 0 amide bonds. The SMILES string of the molecule is Cc1ccc(-c2cc(C(=O)C[C@H](C)c3ncn[nH]3)cc(C3=NOC(c4ccccn4)C3)c2)c(F)c1. The van der Waals surface area contributed by atoms with Gasteiger partial charge in [-0.25, -0.2) is 9.37 Å². The summed E-state index contributed by atoms with van der Waals surface area (Å²) in [6.07, 6.45) is 3.55. The number of benzene rings is 2. The summed E-state index contributed by atoms with van der Waals surface area (Å²) < 4.78 is 14.9. The number of nitrogens with zero attached hydrogens (tertiary/aromatic N) is 4. The number of carbonyl (C=O) groups is 1. The number of nitrogens with one attached hydrogen (secondary N) is 1. The first-order chi connectivity index (χ1) is 17.0. The molecule has 2 aromatic heterocycles. The molecule has 0 fully saturated rings. The van der Waals surface area contributed by atoms with Gasteiger partial charge >= 0.3 is 0 Å². The van der Waals surface area contributed by atoms with Crippen molar-refractivity contribution in [1.82, 2.24) is 20.2 Å². The van der Waals surface area contributed by atoms with E-state index in [0.717, 1.165) is 16.8 Å². The lowest BCUT2D eigenvalue weighted by Gasteiger charge is -2.12. The summed E-state index contributed by atoms with van der Waals surface area (Å²) >= 11 is 0. The van der Waals surface area contributed by atoms with E-state index in [0.29, 0.717) is 34.6 Å². The lowest BCUT2D eigenvalue weighted by Crippen LogP contribution is -2.09. The lowest BCUT2D eigenvalue weighted by atomic mass is 9.91. The first-order valence-electron chi connectivity index (χ1n) is 11.4. The van der Waals surface area contributed by atoms with Crippen molar-refractivity contribution in [2.24, 2.45) is 5.16 Å². The molecule has 5 rings (SSSR count). The molecular weight excluding hydrogens is 445 g/mol. The first kappa shape index (κ1) is 22.6. The van der Waals surface area contributed by atoms with E-state index in [1.807, 2.05) is 44.2 Å².